The van der Waals surface area contributed by atoms with Crippen molar-refractivity contribution in [3.63, 3.8) is 0 Å². The first-order chi connectivity index (χ1) is 11.0. The van der Waals surface area contributed by atoms with E-state index in [1.165, 1.54) is 12.1 Å². The second-order valence-electron chi connectivity index (χ2n) is 5.65. The largest absolute Gasteiger partial charge is 0.351 e. The molecule has 1 heterocycles. The van der Waals surface area contributed by atoms with Crippen LogP contribution >= 0.6 is 0 Å². The maximum atomic E-state index is 12.5. The molecule has 1 amide bonds. The number of non-ortho nitro benzene ring substituents is 1. The van der Waals surface area contributed by atoms with Crippen LogP contribution < -0.4 is 5.32 Å². The number of amides is 1. The van der Waals surface area contributed by atoms with Crippen molar-refractivity contribution in [3.8, 4) is 0 Å². The number of hydrogen-bond acceptors (Lipinski definition) is 4. The fourth-order valence-electron chi connectivity index (χ4n) is 2.44. The van der Waals surface area contributed by atoms with Crippen molar-refractivity contribution in [2.45, 2.75) is 26.3 Å². The number of nitrogens with one attached hydrogen (secondary N) is 1. The molecule has 0 saturated heterocycles. The van der Waals surface area contributed by atoms with Gasteiger partial charge in [-0.15, -0.1) is 0 Å². The Morgan fingerprint density at radius 3 is 2.48 bits per heavy atom. The minimum atomic E-state index is -0.448. The van der Waals surface area contributed by atoms with Gasteiger partial charge in [0.05, 0.1) is 10.8 Å². The highest BCUT2D eigenvalue weighted by atomic mass is 16.6. The van der Waals surface area contributed by atoms with Gasteiger partial charge in [-0.1, -0.05) is 32.0 Å². The zero-order valence-electron chi connectivity index (χ0n) is 13.1. The van der Waals surface area contributed by atoms with Gasteiger partial charge in [-0.3, -0.25) is 19.9 Å². The summed E-state index contributed by atoms with van der Waals surface area (Å²) < 4.78 is 0. The number of carbonyl (C=O) groups excluding carboxylic acids is 1. The third-order valence-electron chi connectivity index (χ3n) is 3.60. The van der Waals surface area contributed by atoms with Gasteiger partial charge in [-0.25, -0.2) is 0 Å². The van der Waals surface area contributed by atoms with E-state index in [4.69, 9.17) is 0 Å². The first-order valence-electron chi connectivity index (χ1n) is 7.40. The Hall–Kier alpha value is -2.76. The van der Waals surface area contributed by atoms with E-state index in [9.17, 15) is 14.9 Å². The minimum absolute atomic E-state index is 0.0204. The van der Waals surface area contributed by atoms with Gasteiger partial charge in [-0.05, 0) is 23.1 Å². The average Bonchev–Trinajstić information content (AvgIpc) is 2.54. The van der Waals surface area contributed by atoms with Crippen LogP contribution in [0.15, 0.2) is 48.8 Å². The summed E-state index contributed by atoms with van der Waals surface area (Å²) >= 11 is 0. The van der Waals surface area contributed by atoms with Crippen LogP contribution in [0.4, 0.5) is 5.69 Å². The Bertz CT molecular complexity index is 669. The van der Waals surface area contributed by atoms with Crippen molar-refractivity contribution in [1.29, 1.82) is 0 Å². The predicted molar refractivity (Wildman–Crippen MR) is 86.8 cm³/mol. The summed E-state index contributed by atoms with van der Waals surface area (Å²) in [7, 11) is 0. The van der Waals surface area contributed by atoms with E-state index < -0.39 is 4.92 Å². The summed E-state index contributed by atoms with van der Waals surface area (Å²) in [5.74, 6) is -0.379. The molecule has 1 unspecified atom stereocenters. The maximum Gasteiger partial charge on any atom is 0.269 e. The molecule has 6 nitrogen and oxygen atoms in total. The SMILES string of the molecule is CC(C)C(C(=O)NCc1cccnc1)c1ccc([N+](=O)[O-])cc1. The van der Waals surface area contributed by atoms with Gasteiger partial charge in [0.15, 0.2) is 0 Å². The number of carbonyl (C=O) groups is 1. The van der Waals surface area contributed by atoms with Gasteiger partial charge in [-0.2, -0.15) is 0 Å². The number of benzene rings is 1. The van der Waals surface area contributed by atoms with Crippen molar-refractivity contribution in [2.24, 2.45) is 5.92 Å². The van der Waals surface area contributed by atoms with Crippen LogP contribution in [-0.4, -0.2) is 15.8 Å². The summed E-state index contributed by atoms with van der Waals surface area (Å²) in [4.78, 5) is 26.8. The monoisotopic (exact) mass is 313 g/mol. The second-order valence-corrected chi connectivity index (χ2v) is 5.65. The van der Waals surface area contributed by atoms with Crippen LogP contribution in [0.2, 0.25) is 0 Å². The second kappa shape index (κ2) is 7.49. The fourth-order valence-corrected chi connectivity index (χ4v) is 2.44. The molecule has 0 spiro atoms. The Labute approximate surface area is 134 Å². The third-order valence-corrected chi connectivity index (χ3v) is 3.60. The van der Waals surface area contributed by atoms with E-state index in [2.05, 4.69) is 10.3 Å². The molecule has 1 aromatic carbocycles. The standard InChI is InChI=1S/C17H19N3O3/c1-12(2)16(14-5-7-15(8-6-14)20(22)23)17(21)19-11-13-4-3-9-18-10-13/h3-10,12,16H,11H2,1-2H3,(H,19,21). The van der Waals surface area contributed by atoms with Crippen molar-refractivity contribution in [3.05, 3.63) is 70.0 Å². The molecule has 1 atom stereocenters. The number of nitro benzene ring substituents is 1. The lowest BCUT2D eigenvalue weighted by molar-refractivity contribution is -0.384. The zero-order chi connectivity index (χ0) is 16.8. The van der Waals surface area contributed by atoms with Crippen LogP contribution in [0, 0.1) is 16.0 Å². The van der Waals surface area contributed by atoms with Crippen LogP contribution in [0.3, 0.4) is 0 Å². The highest BCUT2D eigenvalue weighted by molar-refractivity contribution is 5.84. The van der Waals surface area contributed by atoms with E-state index in [0.717, 1.165) is 11.1 Å². The Kier molecular flexibility index (Phi) is 5.41. The van der Waals surface area contributed by atoms with Crippen molar-refractivity contribution < 1.29 is 9.72 Å². The molecule has 0 bridgehead atoms. The third kappa shape index (κ3) is 4.35. The summed E-state index contributed by atoms with van der Waals surface area (Å²) in [5.41, 5.74) is 1.72. The summed E-state index contributed by atoms with van der Waals surface area (Å²) in [6.07, 6.45) is 3.38. The quantitative estimate of drug-likeness (QED) is 0.656. The fraction of sp³-hybridized carbons (Fsp3) is 0.294. The molecule has 2 aromatic rings. The highest BCUT2D eigenvalue weighted by Gasteiger charge is 2.24. The molecule has 0 fully saturated rings. The van der Waals surface area contributed by atoms with E-state index >= 15 is 0 Å². The molecule has 6 heteroatoms. The number of pyridine rings is 1. The summed E-state index contributed by atoms with van der Waals surface area (Å²) in [5, 5.41) is 13.6. The van der Waals surface area contributed by atoms with Gasteiger partial charge in [0.25, 0.3) is 5.69 Å². The molecule has 1 N–H and O–H groups in total. The Morgan fingerprint density at radius 2 is 1.96 bits per heavy atom. The van der Waals surface area contributed by atoms with E-state index in [1.54, 1.807) is 24.5 Å². The molecule has 0 aliphatic heterocycles. The molecular weight excluding hydrogens is 294 g/mol. The summed E-state index contributed by atoms with van der Waals surface area (Å²) in [6.45, 7) is 4.31. The molecule has 0 saturated carbocycles. The number of nitrogens with zero attached hydrogens (tertiary/aromatic N) is 2. The highest BCUT2D eigenvalue weighted by Crippen LogP contribution is 2.26. The lowest BCUT2D eigenvalue weighted by atomic mass is 9.87. The average molecular weight is 313 g/mol. The zero-order valence-corrected chi connectivity index (χ0v) is 13.1. The predicted octanol–water partition coefficient (Wildman–Crippen LogP) is 3.05. The van der Waals surface area contributed by atoms with Crippen molar-refractivity contribution in [2.75, 3.05) is 0 Å². The van der Waals surface area contributed by atoms with Gasteiger partial charge in [0, 0.05) is 31.1 Å². The number of aromatic nitrogens is 1. The molecule has 0 radical (unpaired) electrons. The Balaban J connectivity index is 2.11. The normalized spacial score (nSPS) is 12.0. The van der Waals surface area contributed by atoms with Crippen molar-refractivity contribution in [1.82, 2.24) is 10.3 Å². The molecule has 1 aromatic heterocycles. The minimum Gasteiger partial charge on any atom is -0.351 e. The van der Waals surface area contributed by atoms with Gasteiger partial charge in [0.2, 0.25) is 5.91 Å². The molecule has 23 heavy (non-hydrogen) atoms. The van der Waals surface area contributed by atoms with Crippen LogP contribution in [-0.2, 0) is 11.3 Å². The van der Waals surface area contributed by atoms with Crippen LogP contribution in [0.5, 0.6) is 0 Å². The first-order valence-corrected chi connectivity index (χ1v) is 7.40. The smallest absolute Gasteiger partial charge is 0.269 e. The molecule has 0 aliphatic carbocycles. The topological polar surface area (TPSA) is 85.1 Å². The van der Waals surface area contributed by atoms with Crippen LogP contribution in [0.25, 0.3) is 0 Å². The maximum absolute atomic E-state index is 12.5. The van der Waals surface area contributed by atoms with E-state index in [1.807, 2.05) is 26.0 Å². The Morgan fingerprint density at radius 1 is 1.26 bits per heavy atom. The van der Waals surface area contributed by atoms with Crippen LogP contribution in [0.1, 0.15) is 30.9 Å². The van der Waals surface area contributed by atoms with E-state index in [-0.39, 0.29) is 23.4 Å². The van der Waals surface area contributed by atoms with Gasteiger partial charge >= 0.3 is 0 Å². The number of nitro groups is 1. The number of rotatable bonds is 6. The van der Waals surface area contributed by atoms with Gasteiger partial charge < -0.3 is 5.32 Å². The lowest BCUT2D eigenvalue weighted by Gasteiger charge is -2.20. The lowest BCUT2D eigenvalue weighted by Crippen LogP contribution is -2.31. The van der Waals surface area contributed by atoms with Gasteiger partial charge in [0.1, 0.15) is 0 Å². The molecule has 0 aliphatic rings. The van der Waals surface area contributed by atoms with E-state index in [0.29, 0.717) is 6.54 Å². The molecule has 2 rings (SSSR count). The molecular formula is C17H19N3O3. The van der Waals surface area contributed by atoms with Crippen molar-refractivity contribution >= 4 is 11.6 Å². The number of hydrogen-bond donors (Lipinski definition) is 1. The summed E-state index contributed by atoms with van der Waals surface area (Å²) in [6, 6.07) is 9.86. The first kappa shape index (κ1) is 16.6. The molecule has 120 valence electrons.